The summed E-state index contributed by atoms with van der Waals surface area (Å²) in [6, 6.07) is 1.72. The minimum atomic E-state index is -0.375. The van der Waals surface area contributed by atoms with E-state index in [0.717, 1.165) is 18.7 Å². The molecule has 0 aliphatic heterocycles. The van der Waals surface area contributed by atoms with Gasteiger partial charge in [-0.3, -0.25) is 9.78 Å². The second-order valence-electron chi connectivity index (χ2n) is 4.99. The molecule has 0 aliphatic rings. The van der Waals surface area contributed by atoms with Gasteiger partial charge in [-0.2, -0.15) is 0 Å². The van der Waals surface area contributed by atoms with E-state index in [9.17, 15) is 4.79 Å². The SMILES string of the molecule is CCCNc1cnccc1C(=O)NCC(C)(C)OC. The number of nitrogens with zero attached hydrogens (tertiary/aromatic N) is 1. The molecule has 0 fully saturated rings. The number of hydrogen-bond acceptors (Lipinski definition) is 4. The van der Waals surface area contributed by atoms with Crippen molar-refractivity contribution < 1.29 is 9.53 Å². The molecule has 5 heteroatoms. The van der Waals surface area contributed by atoms with Crippen LogP contribution in [0.15, 0.2) is 18.5 Å². The van der Waals surface area contributed by atoms with Crippen molar-refractivity contribution >= 4 is 11.6 Å². The Balaban J connectivity index is 2.71. The highest BCUT2D eigenvalue weighted by molar-refractivity contribution is 5.99. The van der Waals surface area contributed by atoms with Crippen LogP contribution in [0.2, 0.25) is 0 Å². The van der Waals surface area contributed by atoms with Crippen LogP contribution < -0.4 is 10.6 Å². The lowest BCUT2D eigenvalue weighted by Gasteiger charge is -2.23. The molecule has 1 rings (SSSR count). The molecule has 0 radical (unpaired) electrons. The molecule has 0 atom stereocenters. The molecular weight excluding hydrogens is 242 g/mol. The average molecular weight is 265 g/mol. The van der Waals surface area contributed by atoms with E-state index in [1.807, 2.05) is 13.8 Å². The highest BCUT2D eigenvalue weighted by Gasteiger charge is 2.19. The summed E-state index contributed by atoms with van der Waals surface area (Å²) >= 11 is 0. The second kappa shape index (κ2) is 7.09. The maximum Gasteiger partial charge on any atom is 0.253 e. The average Bonchev–Trinajstić information content (AvgIpc) is 2.43. The zero-order valence-corrected chi connectivity index (χ0v) is 12.1. The van der Waals surface area contributed by atoms with E-state index in [4.69, 9.17) is 4.74 Å². The first-order chi connectivity index (χ1) is 9.00. The first-order valence-corrected chi connectivity index (χ1v) is 6.51. The number of rotatable bonds is 7. The molecule has 1 heterocycles. The monoisotopic (exact) mass is 265 g/mol. The van der Waals surface area contributed by atoms with Crippen LogP contribution in [0.3, 0.4) is 0 Å². The molecule has 1 aromatic heterocycles. The van der Waals surface area contributed by atoms with Gasteiger partial charge in [0, 0.05) is 26.4 Å². The minimum absolute atomic E-state index is 0.119. The fraction of sp³-hybridized carbons (Fsp3) is 0.571. The molecule has 1 amide bonds. The maximum atomic E-state index is 12.2. The fourth-order valence-electron chi connectivity index (χ4n) is 1.45. The third kappa shape index (κ3) is 4.87. The number of hydrogen-bond donors (Lipinski definition) is 2. The molecule has 2 N–H and O–H groups in total. The van der Waals surface area contributed by atoms with Crippen molar-refractivity contribution in [3.8, 4) is 0 Å². The van der Waals surface area contributed by atoms with E-state index >= 15 is 0 Å². The number of carbonyl (C=O) groups excluding carboxylic acids is 1. The Morgan fingerprint density at radius 1 is 1.47 bits per heavy atom. The summed E-state index contributed by atoms with van der Waals surface area (Å²) < 4.78 is 5.28. The van der Waals surface area contributed by atoms with Crippen LogP contribution in [-0.4, -0.2) is 36.7 Å². The van der Waals surface area contributed by atoms with Gasteiger partial charge in [0.2, 0.25) is 0 Å². The third-order valence-electron chi connectivity index (χ3n) is 2.86. The van der Waals surface area contributed by atoms with Crippen LogP contribution >= 0.6 is 0 Å². The number of carbonyl (C=O) groups is 1. The number of nitrogens with one attached hydrogen (secondary N) is 2. The molecule has 106 valence electrons. The quantitative estimate of drug-likeness (QED) is 0.792. The van der Waals surface area contributed by atoms with Crippen LogP contribution in [0.5, 0.6) is 0 Å². The molecule has 0 spiro atoms. The van der Waals surface area contributed by atoms with E-state index in [1.165, 1.54) is 0 Å². The molecule has 0 saturated carbocycles. The Hall–Kier alpha value is -1.62. The molecule has 0 unspecified atom stereocenters. The van der Waals surface area contributed by atoms with Crippen molar-refractivity contribution in [1.29, 1.82) is 0 Å². The Morgan fingerprint density at radius 2 is 2.21 bits per heavy atom. The van der Waals surface area contributed by atoms with Crippen LogP contribution in [0.4, 0.5) is 5.69 Å². The van der Waals surface area contributed by atoms with Crippen LogP contribution in [0.25, 0.3) is 0 Å². The van der Waals surface area contributed by atoms with Crippen LogP contribution in [0, 0.1) is 0 Å². The molecule has 0 saturated heterocycles. The number of anilines is 1. The molecule has 5 nitrogen and oxygen atoms in total. The van der Waals surface area contributed by atoms with Gasteiger partial charge in [0.25, 0.3) is 5.91 Å². The van der Waals surface area contributed by atoms with Gasteiger partial charge in [-0.15, -0.1) is 0 Å². The lowest BCUT2D eigenvalue weighted by atomic mass is 10.1. The smallest absolute Gasteiger partial charge is 0.253 e. The van der Waals surface area contributed by atoms with Crippen molar-refractivity contribution in [2.75, 3.05) is 25.5 Å². The van der Waals surface area contributed by atoms with Gasteiger partial charge in [-0.05, 0) is 26.3 Å². The number of aromatic nitrogens is 1. The Labute approximate surface area is 114 Å². The van der Waals surface area contributed by atoms with E-state index in [-0.39, 0.29) is 11.5 Å². The lowest BCUT2D eigenvalue weighted by molar-refractivity contribution is 0.0229. The molecule has 0 aliphatic carbocycles. The van der Waals surface area contributed by atoms with E-state index < -0.39 is 0 Å². The maximum absolute atomic E-state index is 12.2. The van der Waals surface area contributed by atoms with Gasteiger partial charge in [-0.25, -0.2) is 0 Å². The van der Waals surface area contributed by atoms with Gasteiger partial charge in [0.1, 0.15) is 0 Å². The van der Waals surface area contributed by atoms with Gasteiger partial charge in [-0.1, -0.05) is 6.92 Å². The minimum Gasteiger partial charge on any atom is -0.383 e. The van der Waals surface area contributed by atoms with Crippen LogP contribution in [-0.2, 0) is 4.74 Å². The van der Waals surface area contributed by atoms with Crippen molar-refractivity contribution in [3.63, 3.8) is 0 Å². The molecular formula is C14H23N3O2. The Bertz CT molecular complexity index is 419. The normalized spacial score (nSPS) is 11.2. The number of methoxy groups -OCH3 is 1. The molecule has 0 aromatic carbocycles. The fourth-order valence-corrected chi connectivity index (χ4v) is 1.45. The summed E-state index contributed by atoms with van der Waals surface area (Å²) in [5.41, 5.74) is 0.993. The largest absolute Gasteiger partial charge is 0.383 e. The zero-order chi connectivity index (χ0) is 14.3. The summed E-state index contributed by atoms with van der Waals surface area (Å²) in [6.07, 6.45) is 4.28. The van der Waals surface area contributed by atoms with Crippen LogP contribution in [0.1, 0.15) is 37.6 Å². The Kier molecular flexibility index (Phi) is 5.76. The van der Waals surface area contributed by atoms with Gasteiger partial charge in [0.05, 0.1) is 23.0 Å². The summed E-state index contributed by atoms with van der Waals surface area (Å²) in [6.45, 7) is 7.20. The number of amides is 1. The number of pyridine rings is 1. The predicted molar refractivity (Wildman–Crippen MR) is 76.4 cm³/mol. The first-order valence-electron chi connectivity index (χ1n) is 6.51. The topological polar surface area (TPSA) is 63.2 Å². The summed E-state index contributed by atoms with van der Waals surface area (Å²) in [5, 5.41) is 6.08. The van der Waals surface area contributed by atoms with Crippen molar-refractivity contribution in [3.05, 3.63) is 24.0 Å². The van der Waals surface area contributed by atoms with E-state index in [1.54, 1.807) is 25.6 Å². The highest BCUT2D eigenvalue weighted by Crippen LogP contribution is 2.14. The number of ether oxygens (including phenoxy) is 1. The van der Waals surface area contributed by atoms with Gasteiger partial charge < -0.3 is 15.4 Å². The summed E-state index contributed by atoms with van der Waals surface area (Å²) in [7, 11) is 1.63. The zero-order valence-electron chi connectivity index (χ0n) is 12.1. The Morgan fingerprint density at radius 3 is 2.84 bits per heavy atom. The third-order valence-corrected chi connectivity index (χ3v) is 2.86. The lowest BCUT2D eigenvalue weighted by Crippen LogP contribution is -2.39. The highest BCUT2D eigenvalue weighted by atomic mass is 16.5. The second-order valence-corrected chi connectivity index (χ2v) is 4.99. The van der Waals surface area contributed by atoms with Crippen molar-refractivity contribution in [1.82, 2.24) is 10.3 Å². The summed E-state index contributed by atoms with van der Waals surface area (Å²) in [4.78, 5) is 16.2. The van der Waals surface area contributed by atoms with E-state index in [0.29, 0.717) is 12.1 Å². The van der Waals surface area contributed by atoms with Crippen molar-refractivity contribution in [2.24, 2.45) is 0 Å². The first kappa shape index (κ1) is 15.4. The van der Waals surface area contributed by atoms with E-state index in [2.05, 4.69) is 22.5 Å². The standard InChI is InChI=1S/C14H23N3O2/c1-5-7-16-12-9-15-8-6-11(12)13(18)17-10-14(2,3)19-4/h6,8-9,16H,5,7,10H2,1-4H3,(H,17,18). The van der Waals surface area contributed by atoms with Gasteiger partial charge in [0.15, 0.2) is 0 Å². The molecule has 19 heavy (non-hydrogen) atoms. The molecule has 1 aromatic rings. The predicted octanol–water partition coefficient (Wildman–Crippen LogP) is 2.06. The molecule has 0 bridgehead atoms. The summed E-state index contributed by atoms with van der Waals surface area (Å²) in [5.74, 6) is -0.119. The van der Waals surface area contributed by atoms with Gasteiger partial charge >= 0.3 is 0 Å². The van der Waals surface area contributed by atoms with Crippen molar-refractivity contribution in [2.45, 2.75) is 32.8 Å².